The fraction of sp³-hybridized carbons (Fsp3) is 0. The van der Waals surface area contributed by atoms with Crippen molar-refractivity contribution in [2.45, 2.75) is 4.90 Å². The van der Waals surface area contributed by atoms with Gasteiger partial charge < -0.3 is 15.9 Å². The van der Waals surface area contributed by atoms with Crippen LogP contribution >= 0.6 is 12.6 Å². The molecule has 0 aliphatic heterocycles. The van der Waals surface area contributed by atoms with Crippen molar-refractivity contribution in [3.63, 3.8) is 0 Å². The molecule has 0 atom stereocenters. The number of phenolic OH excluding ortho intramolecular Hbond substituents is 2. The number of rotatable bonds is 1. The van der Waals surface area contributed by atoms with Gasteiger partial charge in [0.1, 0.15) is 11.5 Å². The summed E-state index contributed by atoms with van der Waals surface area (Å²) in [5.74, 6) is 0.101. The standard InChI is InChI=1S/C14H13NO2S/c1-8-4-13(17)10(7-12(8)16)5-9-2-3-14(18)11(15)6-9/h2-7,16-18H,1,15H2/b10-5+. The third kappa shape index (κ3) is 2.43. The first-order valence-corrected chi connectivity index (χ1v) is 5.73. The van der Waals surface area contributed by atoms with Gasteiger partial charge in [0, 0.05) is 21.0 Å². The number of hydrogen-bond acceptors (Lipinski definition) is 4. The van der Waals surface area contributed by atoms with Crippen LogP contribution < -0.4 is 16.2 Å². The van der Waals surface area contributed by atoms with Crippen molar-refractivity contribution in [1.29, 1.82) is 0 Å². The Morgan fingerprint density at radius 1 is 1.11 bits per heavy atom. The molecule has 0 saturated carbocycles. The Hall–Kier alpha value is -2.07. The maximum atomic E-state index is 9.77. The highest BCUT2D eigenvalue weighted by atomic mass is 32.1. The number of anilines is 1. The smallest absolute Gasteiger partial charge is 0.123 e. The Balaban J connectivity index is 2.60. The summed E-state index contributed by atoms with van der Waals surface area (Å²) >= 11 is 4.18. The lowest BCUT2D eigenvalue weighted by molar-refractivity contribution is 0.453. The van der Waals surface area contributed by atoms with Crippen molar-refractivity contribution in [2.75, 3.05) is 5.73 Å². The van der Waals surface area contributed by atoms with Gasteiger partial charge in [0.2, 0.25) is 0 Å². The molecular formula is C14H13NO2S. The average Bonchev–Trinajstić information content (AvgIpc) is 2.31. The first-order valence-electron chi connectivity index (χ1n) is 5.28. The Morgan fingerprint density at radius 3 is 2.50 bits per heavy atom. The van der Waals surface area contributed by atoms with Crippen molar-refractivity contribution in [1.82, 2.24) is 0 Å². The van der Waals surface area contributed by atoms with Gasteiger partial charge in [-0.05, 0) is 35.9 Å². The van der Waals surface area contributed by atoms with E-state index in [4.69, 9.17) is 5.73 Å². The molecule has 2 aromatic carbocycles. The summed E-state index contributed by atoms with van der Waals surface area (Å²) in [5, 5.41) is 20.2. The predicted molar refractivity (Wildman–Crippen MR) is 76.2 cm³/mol. The molecular weight excluding hydrogens is 246 g/mol. The SMILES string of the molecule is C=c1cc(O)/c(=C/c2ccc(S)c(N)c2)cc1O. The summed E-state index contributed by atoms with van der Waals surface area (Å²) < 4.78 is 0. The molecule has 0 heterocycles. The summed E-state index contributed by atoms with van der Waals surface area (Å²) in [6, 6.07) is 8.22. The molecule has 2 rings (SSSR count). The second-order valence-corrected chi connectivity index (χ2v) is 4.48. The lowest BCUT2D eigenvalue weighted by Gasteiger charge is -2.01. The van der Waals surface area contributed by atoms with Crippen LogP contribution in [-0.4, -0.2) is 10.2 Å². The first-order chi connectivity index (χ1) is 8.47. The maximum Gasteiger partial charge on any atom is 0.123 e. The molecule has 0 aliphatic carbocycles. The van der Waals surface area contributed by atoms with E-state index in [-0.39, 0.29) is 11.5 Å². The summed E-state index contributed by atoms with van der Waals surface area (Å²) in [4.78, 5) is 0.701. The van der Waals surface area contributed by atoms with Crippen LogP contribution in [0.2, 0.25) is 0 Å². The van der Waals surface area contributed by atoms with Crippen molar-refractivity contribution in [3.8, 4) is 11.5 Å². The third-order valence-electron chi connectivity index (χ3n) is 2.60. The molecule has 18 heavy (non-hydrogen) atoms. The summed E-state index contributed by atoms with van der Waals surface area (Å²) in [6.07, 6.45) is 1.72. The van der Waals surface area contributed by atoms with Gasteiger partial charge in [-0.1, -0.05) is 12.6 Å². The summed E-state index contributed by atoms with van der Waals surface area (Å²) in [7, 11) is 0. The zero-order valence-electron chi connectivity index (χ0n) is 9.59. The van der Waals surface area contributed by atoms with E-state index >= 15 is 0 Å². The molecule has 0 amide bonds. The molecule has 4 heteroatoms. The van der Waals surface area contributed by atoms with Crippen molar-refractivity contribution in [2.24, 2.45) is 0 Å². The molecule has 0 fully saturated rings. The molecule has 0 unspecified atom stereocenters. The number of aromatic hydroxyl groups is 2. The minimum absolute atomic E-state index is 0.0397. The molecule has 0 spiro atoms. The molecule has 92 valence electrons. The zero-order chi connectivity index (χ0) is 13.3. The minimum Gasteiger partial charge on any atom is -0.507 e. The van der Waals surface area contributed by atoms with E-state index in [1.807, 2.05) is 6.07 Å². The average molecular weight is 259 g/mol. The number of benzene rings is 2. The number of nitrogen functional groups attached to an aromatic ring is 1. The van der Waals surface area contributed by atoms with E-state index in [1.54, 1.807) is 18.2 Å². The molecule has 3 nitrogen and oxygen atoms in total. The number of nitrogens with two attached hydrogens (primary N) is 1. The minimum atomic E-state index is 0.0397. The lowest BCUT2D eigenvalue weighted by atomic mass is 10.1. The molecule has 0 radical (unpaired) electrons. The van der Waals surface area contributed by atoms with Crippen LogP contribution in [0.25, 0.3) is 12.7 Å². The highest BCUT2D eigenvalue weighted by Gasteiger charge is 1.99. The number of thiol groups is 1. The molecule has 0 bridgehead atoms. The fourth-order valence-corrected chi connectivity index (χ4v) is 1.73. The fourth-order valence-electron chi connectivity index (χ4n) is 1.59. The maximum absolute atomic E-state index is 9.77. The predicted octanol–water partition coefficient (Wildman–Crippen LogP) is 1.21. The van der Waals surface area contributed by atoms with E-state index in [9.17, 15) is 10.2 Å². The Labute approximate surface area is 110 Å². The van der Waals surface area contributed by atoms with Gasteiger partial charge in [0.05, 0.1) is 0 Å². The topological polar surface area (TPSA) is 66.5 Å². The Kier molecular flexibility index (Phi) is 3.21. The van der Waals surface area contributed by atoms with E-state index in [2.05, 4.69) is 19.2 Å². The molecule has 0 aliphatic rings. The quantitative estimate of drug-likeness (QED) is 0.353. The van der Waals surface area contributed by atoms with E-state index in [1.165, 1.54) is 12.1 Å². The van der Waals surface area contributed by atoms with E-state index in [0.29, 0.717) is 21.0 Å². The van der Waals surface area contributed by atoms with Crippen LogP contribution in [0, 0.1) is 0 Å². The van der Waals surface area contributed by atoms with Crippen molar-refractivity contribution >= 4 is 31.0 Å². The highest BCUT2D eigenvalue weighted by molar-refractivity contribution is 7.80. The van der Waals surface area contributed by atoms with Gasteiger partial charge >= 0.3 is 0 Å². The van der Waals surface area contributed by atoms with Gasteiger partial charge in [0.25, 0.3) is 0 Å². The highest BCUT2D eigenvalue weighted by Crippen LogP contribution is 2.18. The van der Waals surface area contributed by atoms with Gasteiger partial charge in [0.15, 0.2) is 0 Å². The van der Waals surface area contributed by atoms with Crippen molar-refractivity contribution < 1.29 is 10.2 Å². The van der Waals surface area contributed by atoms with Crippen LogP contribution in [0.3, 0.4) is 0 Å². The third-order valence-corrected chi connectivity index (χ3v) is 3.01. The van der Waals surface area contributed by atoms with Gasteiger partial charge in [-0.2, -0.15) is 0 Å². The normalized spacial score (nSPS) is 11.7. The van der Waals surface area contributed by atoms with Gasteiger partial charge in [-0.25, -0.2) is 0 Å². The Bertz CT molecular complexity index is 710. The number of phenols is 2. The molecule has 4 N–H and O–H groups in total. The van der Waals surface area contributed by atoms with Crippen LogP contribution in [0.4, 0.5) is 5.69 Å². The van der Waals surface area contributed by atoms with Crippen LogP contribution in [0.5, 0.6) is 11.5 Å². The van der Waals surface area contributed by atoms with Gasteiger partial charge in [-0.15, -0.1) is 12.6 Å². The monoisotopic (exact) mass is 259 g/mol. The Morgan fingerprint density at radius 2 is 1.83 bits per heavy atom. The molecule has 0 aromatic heterocycles. The van der Waals surface area contributed by atoms with Crippen LogP contribution in [0.1, 0.15) is 5.56 Å². The van der Waals surface area contributed by atoms with E-state index < -0.39 is 0 Å². The number of hydrogen-bond donors (Lipinski definition) is 4. The second kappa shape index (κ2) is 4.66. The second-order valence-electron chi connectivity index (χ2n) is 4.00. The van der Waals surface area contributed by atoms with Crippen LogP contribution in [-0.2, 0) is 0 Å². The van der Waals surface area contributed by atoms with Gasteiger partial charge in [-0.3, -0.25) is 0 Å². The first kappa shape index (κ1) is 12.4. The largest absolute Gasteiger partial charge is 0.507 e. The van der Waals surface area contributed by atoms with Crippen LogP contribution in [0.15, 0.2) is 35.2 Å². The lowest BCUT2D eigenvalue weighted by Crippen LogP contribution is -2.08. The summed E-state index contributed by atoms with van der Waals surface area (Å²) in [5.41, 5.74) is 7.12. The van der Waals surface area contributed by atoms with E-state index in [0.717, 1.165) is 5.56 Å². The zero-order valence-corrected chi connectivity index (χ0v) is 10.5. The molecule has 0 saturated heterocycles. The summed E-state index contributed by atoms with van der Waals surface area (Å²) in [6.45, 7) is 3.60. The van der Waals surface area contributed by atoms with Crippen molar-refractivity contribution in [3.05, 3.63) is 46.3 Å². The molecule has 2 aromatic rings.